The number of amides is 2. The standard InChI is InChI=1S/C31H35Cl2N5O5/c1-31(2,3)43-30(41)36-17-20(15-19-5-8-23(42-4)9-6-19)28-24(18-36)27(29(40)35-37-13-11-22(39)12-14-37)34-38(28)26-10-7-21(32)16-25(26)33/h5-10,15-16,22,39H,11-14,17-18H2,1-4H3,(H,35,40). The minimum absolute atomic E-state index is 0.0941. The van der Waals surface area contributed by atoms with Gasteiger partial charge in [-0.25, -0.2) is 14.5 Å². The van der Waals surface area contributed by atoms with E-state index in [1.54, 1.807) is 39.9 Å². The van der Waals surface area contributed by atoms with Crippen LogP contribution >= 0.6 is 23.2 Å². The van der Waals surface area contributed by atoms with Gasteiger partial charge in [0, 0.05) is 23.7 Å². The molecule has 0 unspecified atom stereocenters. The maximum Gasteiger partial charge on any atom is 0.410 e. The quantitative estimate of drug-likeness (QED) is 0.380. The van der Waals surface area contributed by atoms with Crippen molar-refractivity contribution in [1.82, 2.24) is 25.1 Å². The van der Waals surface area contributed by atoms with Crippen molar-refractivity contribution in [2.45, 2.75) is 51.9 Å². The lowest BCUT2D eigenvalue weighted by molar-refractivity contribution is 0.0253. The number of hydrogen-bond donors (Lipinski definition) is 2. The second-order valence-electron chi connectivity index (χ2n) is 11.6. The Hall–Kier alpha value is -3.57. The van der Waals surface area contributed by atoms with Gasteiger partial charge in [-0.1, -0.05) is 35.3 Å². The zero-order valence-electron chi connectivity index (χ0n) is 24.6. The van der Waals surface area contributed by atoms with Gasteiger partial charge < -0.3 is 14.6 Å². The Labute approximate surface area is 260 Å². The Kier molecular flexibility index (Phi) is 9.03. The normalized spacial score (nSPS) is 17.1. The minimum atomic E-state index is -0.711. The molecule has 0 atom stereocenters. The molecule has 228 valence electrons. The first kappa shape index (κ1) is 30.9. The van der Waals surface area contributed by atoms with E-state index < -0.39 is 17.6 Å². The Morgan fingerprint density at radius 3 is 2.40 bits per heavy atom. The number of fused-ring (bicyclic) bond motifs is 1. The summed E-state index contributed by atoms with van der Waals surface area (Å²) in [5, 5.41) is 17.3. The third kappa shape index (κ3) is 7.15. The van der Waals surface area contributed by atoms with Crippen molar-refractivity contribution in [3.8, 4) is 11.4 Å². The van der Waals surface area contributed by atoms with Crippen molar-refractivity contribution in [2.24, 2.45) is 0 Å². The summed E-state index contributed by atoms with van der Waals surface area (Å²) >= 11 is 12.9. The molecule has 2 aromatic carbocycles. The van der Waals surface area contributed by atoms with E-state index >= 15 is 0 Å². The summed E-state index contributed by atoms with van der Waals surface area (Å²) in [6.45, 7) is 6.74. The molecule has 2 N–H and O–H groups in total. The van der Waals surface area contributed by atoms with Crippen LogP contribution in [0.1, 0.15) is 60.9 Å². The van der Waals surface area contributed by atoms with Gasteiger partial charge in [-0.15, -0.1) is 0 Å². The van der Waals surface area contributed by atoms with Crippen LogP contribution in [0.25, 0.3) is 17.3 Å². The molecular formula is C31H35Cl2N5O5. The number of aliphatic hydroxyl groups is 1. The number of rotatable bonds is 5. The van der Waals surface area contributed by atoms with E-state index in [0.717, 1.165) is 11.1 Å². The van der Waals surface area contributed by atoms with Gasteiger partial charge >= 0.3 is 6.09 Å². The molecule has 3 aromatic rings. The highest BCUT2D eigenvalue weighted by atomic mass is 35.5. The molecule has 2 aliphatic heterocycles. The van der Waals surface area contributed by atoms with Crippen LogP contribution < -0.4 is 10.2 Å². The predicted octanol–water partition coefficient (Wildman–Crippen LogP) is 5.58. The Morgan fingerprint density at radius 1 is 1.07 bits per heavy atom. The molecular weight excluding hydrogens is 593 g/mol. The van der Waals surface area contributed by atoms with Gasteiger partial charge in [-0.3, -0.25) is 15.1 Å². The molecule has 12 heteroatoms. The number of hydrogen-bond acceptors (Lipinski definition) is 7. The first-order chi connectivity index (χ1) is 20.4. The second-order valence-corrected chi connectivity index (χ2v) is 12.5. The van der Waals surface area contributed by atoms with Crippen LogP contribution in [0.3, 0.4) is 0 Å². The van der Waals surface area contributed by atoms with Crippen molar-refractivity contribution < 1.29 is 24.2 Å². The van der Waals surface area contributed by atoms with Crippen molar-refractivity contribution in [3.63, 3.8) is 0 Å². The van der Waals surface area contributed by atoms with Gasteiger partial charge in [-0.2, -0.15) is 5.10 Å². The third-order valence-corrected chi connectivity index (χ3v) is 7.72. The van der Waals surface area contributed by atoms with Crippen LogP contribution in [0.2, 0.25) is 10.0 Å². The van der Waals surface area contributed by atoms with E-state index in [0.29, 0.717) is 58.7 Å². The molecule has 10 nitrogen and oxygen atoms in total. The van der Waals surface area contributed by atoms with E-state index in [1.807, 2.05) is 51.1 Å². The lowest BCUT2D eigenvalue weighted by Gasteiger charge is -2.32. The molecule has 43 heavy (non-hydrogen) atoms. The van der Waals surface area contributed by atoms with Gasteiger partial charge in [0.15, 0.2) is 5.69 Å². The lowest BCUT2D eigenvalue weighted by Crippen LogP contribution is -2.48. The Bertz CT molecular complexity index is 1540. The fourth-order valence-electron chi connectivity index (χ4n) is 5.11. The zero-order chi connectivity index (χ0) is 30.9. The number of piperidine rings is 1. The lowest BCUT2D eigenvalue weighted by atomic mass is 9.97. The average Bonchev–Trinajstić information content (AvgIpc) is 3.33. The molecule has 3 heterocycles. The second kappa shape index (κ2) is 12.6. The fraction of sp³-hybridized carbons (Fsp3) is 0.387. The monoisotopic (exact) mass is 627 g/mol. The van der Waals surface area contributed by atoms with E-state index in [9.17, 15) is 14.7 Å². The van der Waals surface area contributed by atoms with Gasteiger partial charge in [0.05, 0.1) is 42.7 Å². The number of hydrazine groups is 1. The topological polar surface area (TPSA) is 109 Å². The molecule has 0 aliphatic carbocycles. The highest BCUT2D eigenvalue weighted by Gasteiger charge is 2.36. The number of nitrogens with zero attached hydrogens (tertiary/aromatic N) is 4. The fourth-order valence-corrected chi connectivity index (χ4v) is 5.60. The molecule has 1 aromatic heterocycles. The summed E-state index contributed by atoms with van der Waals surface area (Å²) in [6, 6.07) is 12.6. The van der Waals surface area contributed by atoms with Crippen LogP contribution in [0, 0.1) is 0 Å². The number of aromatic nitrogens is 2. The number of carbonyl (C=O) groups is 2. The molecule has 1 saturated heterocycles. The predicted molar refractivity (Wildman–Crippen MR) is 165 cm³/mol. The van der Waals surface area contributed by atoms with Gasteiger partial charge in [0.1, 0.15) is 11.4 Å². The highest BCUT2D eigenvalue weighted by molar-refractivity contribution is 6.35. The van der Waals surface area contributed by atoms with E-state index in [4.69, 9.17) is 37.8 Å². The van der Waals surface area contributed by atoms with Gasteiger partial charge in [0.25, 0.3) is 5.91 Å². The molecule has 0 radical (unpaired) electrons. The van der Waals surface area contributed by atoms with E-state index in [2.05, 4.69) is 5.43 Å². The molecule has 0 spiro atoms. The molecule has 5 rings (SSSR count). The van der Waals surface area contributed by atoms with Crippen molar-refractivity contribution >= 4 is 46.9 Å². The maximum atomic E-state index is 13.8. The van der Waals surface area contributed by atoms with Crippen LogP contribution in [-0.2, 0) is 11.3 Å². The molecule has 0 bridgehead atoms. The molecule has 2 aliphatic rings. The zero-order valence-corrected chi connectivity index (χ0v) is 26.1. The maximum absolute atomic E-state index is 13.8. The average molecular weight is 629 g/mol. The van der Waals surface area contributed by atoms with E-state index in [-0.39, 0.29) is 24.9 Å². The number of carbonyl (C=O) groups excluding carboxylic acids is 2. The van der Waals surface area contributed by atoms with Crippen LogP contribution in [-0.4, -0.2) is 75.2 Å². The smallest absolute Gasteiger partial charge is 0.410 e. The third-order valence-electron chi connectivity index (χ3n) is 7.18. The number of aliphatic hydroxyl groups excluding tert-OH is 1. The molecule has 1 fully saturated rings. The number of methoxy groups -OCH3 is 1. The summed E-state index contributed by atoms with van der Waals surface area (Å²) in [5.41, 5.74) is 5.72. The van der Waals surface area contributed by atoms with Gasteiger partial charge in [0.2, 0.25) is 0 Å². The van der Waals surface area contributed by atoms with Crippen LogP contribution in [0.15, 0.2) is 42.5 Å². The molecule has 0 saturated carbocycles. The van der Waals surface area contributed by atoms with Crippen LogP contribution in [0.4, 0.5) is 4.79 Å². The van der Waals surface area contributed by atoms with Crippen LogP contribution in [0.5, 0.6) is 5.75 Å². The summed E-state index contributed by atoms with van der Waals surface area (Å²) in [6.07, 6.45) is 2.15. The number of nitrogens with one attached hydrogen (secondary N) is 1. The van der Waals surface area contributed by atoms with Crippen molar-refractivity contribution in [2.75, 3.05) is 26.7 Å². The SMILES string of the molecule is COc1ccc(C=C2CN(C(=O)OC(C)(C)C)Cc3c(C(=O)NN4CCC(O)CC4)nn(-c4ccc(Cl)cc4Cl)c32)cc1. The number of halogens is 2. The number of benzene rings is 2. The molecule has 2 amide bonds. The first-order valence-electron chi connectivity index (χ1n) is 14.1. The van der Waals surface area contributed by atoms with Crippen molar-refractivity contribution in [3.05, 3.63) is 75.0 Å². The summed E-state index contributed by atoms with van der Waals surface area (Å²) < 4.78 is 12.7. The van der Waals surface area contributed by atoms with Crippen molar-refractivity contribution in [1.29, 1.82) is 0 Å². The Balaban J connectivity index is 1.65. The largest absolute Gasteiger partial charge is 0.497 e. The Morgan fingerprint density at radius 2 is 1.77 bits per heavy atom. The first-order valence-corrected chi connectivity index (χ1v) is 14.8. The van der Waals surface area contributed by atoms with E-state index in [1.165, 1.54) is 0 Å². The summed E-state index contributed by atoms with van der Waals surface area (Å²) in [7, 11) is 1.60. The minimum Gasteiger partial charge on any atom is -0.497 e. The summed E-state index contributed by atoms with van der Waals surface area (Å²) in [5.74, 6) is 0.287. The number of ether oxygens (including phenoxy) is 2. The summed E-state index contributed by atoms with van der Waals surface area (Å²) in [4.78, 5) is 28.7. The highest BCUT2D eigenvalue weighted by Crippen LogP contribution is 2.36. The van der Waals surface area contributed by atoms with Gasteiger partial charge in [-0.05, 0) is 81.2 Å².